The second-order valence-corrected chi connectivity index (χ2v) is 5.11. The van der Waals surface area contributed by atoms with Crippen LogP contribution in [-0.4, -0.2) is 20.7 Å². The molecule has 0 saturated carbocycles. The first-order valence-corrected chi connectivity index (χ1v) is 7.01. The zero-order chi connectivity index (χ0) is 14.8. The average Bonchev–Trinajstić information content (AvgIpc) is 2.81. The maximum Gasteiger partial charge on any atom is 0.350 e. The van der Waals surface area contributed by atoms with Crippen LogP contribution in [-0.2, 0) is 6.54 Å². The topological polar surface area (TPSA) is 51.3 Å². The van der Waals surface area contributed by atoms with Gasteiger partial charge in [-0.25, -0.2) is 9.48 Å². The van der Waals surface area contributed by atoms with Crippen LogP contribution in [0.2, 0.25) is 0 Å². The summed E-state index contributed by atoms with van der Waals surface area (Å²) >= 11 is 0. The van der Waals surface area contributed by atoms with Gasteiger partial charge in [0.2, 0.25) is 0 Å². The first-order chi connectivity index (χ1) is 10.2. The van der Waals surface area contributed by atoms with E-state index in [4.69, 9.17) is 0 Å². The quantitative estimate of drug-likeness (QED) is 0.798. The van der Waals surface area contributed by atoms with Gasteiger partial charge >= 0.3 is 5.69 Å². The number of nitrogens with one attached hydrogen (secondary N) is 1. The minimum atomic E-state index is -0.103. The number of aromatic nitrogens is 3. The van der Waals surface area contributed by atoms with Gasteiger partial charge < -0.3 is 5.32 Å². The van der Waals surface area contributed by atoms with Crippen molar-refractivity contribution < 1.29 is 0 Å². The molecule has 0 aliphatic rings. The lowest BCUT2D eigenvalue weighted by Gasteiger charge is -2.10. The number of nitrogens with zero attached hydrogens (tertiary/aromatic N) is 3. The van der Waals surface area contributed by atoms with Crippen molar-refractivity contribution in [1.29, 1.82) is 0 Å². The Morgan fingerprint density at radius 2 is 2.00 bits per heavy atom. The standard InChI is InChI=1S/C16H18N4O/c1-12-6-5-7-14(13(12)2)17-9-11-20-16(21)19-10-4-3-8-15(19)18-20/h3-8,10,17H,9,11H2,1-2H3. The summed E-state index contributed by atoms with van der Waals surface area (Å²) in [5, 5.41) is 7.68. The predicted molar refractivity (Wildman–Crippen MR) is 83.9 cm³/mol. The van der Waals surface area contributed by atoms with E-state index in [2.05, 4.69) is 36.4 Å². The Hall–Kier alpha value is -2.56. The van der Waals surface area contributed by atoms with Crippen molar-refractivity contribution in [3.05, 3.63) is 64.2 Å². The number of benzene rings is 1. The van der Waals surface area contributed by atoms with Crippen LogP contribution in [0.3, 0.4) is 0 Å². The maximum absolute atomic E-state index is 12.1. The minimum Gasteiger partial charge on any atom is -0.383 e. The Balaban J connectivity index is 1.74. The van der Waals surface area contributed by atoms with E-state index in [1.165, 1.54) is 15.8 Å². The van der Waals surface area contributed by atoms with Crippen LogP contribution in [0.4, 0.5) is 5.69 Å². The molecule has 2 aromatic heterocycles. The molecule has 0 aliphatic carbocycles. The van der Waals surface area contributed by atoms with Gasteiger partial charge in [-0.15, -0.1) is 5.10 Å². The van der Waals surface area contributed by atoms with Crippen LogP contribution in [0.15, 0.2) is 47.4 Å². The number of anilines is 1. The zero-order valence-corrected chi connectivity index (χ0v) is 12.2. The predicted octanol–water partition coefficient (Wildman–Crippen LogP) is 2.22. The van der Waals surface area contributed by atoms with Gasteiger partial charge in [-0.2, -0.15) is 0 Å². The van der Waals surface area contributed by atoms with E-state index in [0.717, 1.165) is 5.69 Å². The summed E-state index contributed by atoms with van der Waals surface area (Å²) in [5.74, 6) is 0. The molecule has 0 bridgehead atoms. The molecular formula is C16H18N4O. The van der Waals surface area contributed by atoms with Gasteiger partial charge in [0.05, 0.1) is 6.54 Å². The average molecular weight is 282 g/mol. The Kier molecular flexibility index (Phi) is 3.48. The van der Waals surface area contributed by atoms with Gasteiger partial charge in [-0.1, -0.05) is 18.2 Å². The van der Waals surface area contributed by atoms with Crippen LogP contribution < -0.4 is 11.0 Å². The first kappa shape index (κ1) is 13.4. The summed E-state index contributed by atoms with van der Waals surface area (Å²) in [4.78, 5) is 12.1. The number of hydrogen-bond donors (Lipinski definition) is 1. The smallest absolute Gasteiger partial charge is 0.350 e. The summed E-state index contributed by atoms with van der Waals surface area (Å²) in [6.07, 6.45) is 1.74. The second kappa shape index (κ2) is 5.44. The molecule has 0 saturated heterocycles. The molecule has 0 amide bonds. The third-order valence-corrected chi connectivity index (χ3v) is 3.73. The van der Waals surface area contributed by atoms with Crippen molar-refractivity contribution in [2.45, 2.75) is 20.4 Å². The number of pyridine rings is 1. The molecular weight excluding hydrogens is 264 g/mol. The summed E-state index contributed by atoms with van der Waals surface area (Å²) in [7, 11) is 0. The summed E-state index contributed by atoms with van der Waals surface area (Å²) < 4.78 is 3.05. The Morgan fingerprint density at radius 1 is 1.14 bits per heavy atom. The Morgan fingerprint density at radius 3 is 2.81 bits per heavy atom. The van der Waals surface area contributed by atoms with Gasteiger partial charge in [-0.3, -0.25) is 4.40 Å². The van der Waals surface area contributed by atoms with Gasteiger partial charge in [0.25, 0.3) is 0 Å². The molecule has 21 heavy (non-hydrogen) atoms. The highest BCUT2D eigenvalue weighted by Crippen LogP contribution is 2.17. The summed E-state index contributed by atoms with van der Waals surface area (Å²) in [5.41, 5.74) is 4.17. The largest absolute Gasteiger partial charge is 0.383 e. The van der Waals surface area contributed by atoms with Crippen LogP contribution in [0.25, 0.3) is 5.65 Å². The fourth-order valence-corrected chi connectivity index (χ4v) is 2.35. The van der Waals surface area contributed by atoms with Crippen molar-refractivity contribution in [1.82, 2.24) is 14.2 Å². The van der Waals surface area contributed by atoms with Gasteiger partial charge in [0, 0.05) is 18.4 Å². The lowest BCUT2D eigenvalue weighted by molar-refractivity contribution is 0.614. The van der Waals surface area contributed by atoms with E-state index in [9.17, 15) is 4.79 Å². The number of aryl methyl sites for hydroxylation is 1. The molecule has 1 N–H and O–H groups in total. The molecule has 0 radical (unpaired) electrons. The number of rotatable bonds is 4. The van der Waals surface area contributed by atoms with Crippen LogP contribution in [0, 0.1) is 13.8 Å². The van der Waals surface area contributed by atoms with Crippen LogP contribution in [0.5, 0.6) is 0 Å². The van der Waals surface area contributed by atoms with Crippen molar-refractivity contribution in [2.24, 2.45) is 0 Å². The molecule has 0 spiro atoms. The maximum atomic E-state index is 12.1. The number of hydrogen-bond acceptors (Lipinski definition) is 3. The highest BCUT2D eigenvalue weighted by atomic mass is 16.2. The van der Waals surface area contributed by atoms with E-state index in [-0.39, 0.29) is 5.69 Å². The molecule has 3 aromatic rings. The molecule has 5 nitrogen and oxygen atoms in total. The molecule has 5 heteroatoms. The van der Waals surface area contributed by atoms with Crippen LogP contribution >= 0.6 is 0 Å². The minimum absolute atomic E-state index is 0.103. The highest BCUT2D eigenvalue weighted by molar-refractivity contribution is 5.53. The third kappa shape index (κ3) is 2.54. The van der Waals surface area contributed by atoms with E-state index in [1.807, 2.05) is 24.3 Å². The lowest BCUT2D eigenvalue weighted by Crippen LogP contribution is -2.24. The molecule has 3 rings (SSSR count). The summed E-state index contributed by atoms with van der Waals surface area (Å²) in [6.45, 7) is 5.38. The van der Waals surface area contributed by atoms with Crippen molar-refractivity contribution in [3.8, 4) is 0 Å². The van der Waals surface area contributed by atoms with Crippen LogP contribution in [0.1, 0.15) is 11.1 Å². The normalized spacial score (nSPS) is 11.0. The summed E-state index contributed by atoms with van der Waals surface area (Å²) in [6, 6.07) is 11.7. The van der Waals surface area contributed by atoms with Crippen molar-refractivity contribution in [3.63, 3.8) is 0 Å². The SMILES string of the molecule is Cc1cccc(NCCn2nc3ccccn3c2=O)c1C. The van der Waals surface area contributed by atoms with Gasteiger partial charge in [0.15, 0.2) is 5.65 Å². The molecule has 0 atom stereocenters. The molecule has 2 heterocycles. The zero-order valence-electron chi connectivity index (χ0n) is 12.2. The lowest BCUT2D eigenvalue weighted by atomic mass is 10.1. The Labute approximate surface area is 122 Å². The van der Waals surface area contributed by atoms with Gasteiger partial charge in [-0.05, 0) is 43.2 Å². The molecule has 0 fully saturated rings. The van der Waals surface area contributed by atoms with Crippen molar-refractivity contribution in [2.75, 3.05) is 11.9 Å². The van der Waals surface area contributed by atoms with E-state index in [0.29, 0.717) is 18.7 Å². The Bertz CT molecular complexity index is 832. The van der Waals surface area contributed by atoms with E-state index in [1.54, 1.807) is 10.6 Å². The molecule has 0 aliphatic heterocycles. The van der Waals surface area contributed by atoms with E-state index < -0.39 is 0 Å². The fourth-order valence-electron chi connectivity index (χ4n) is 2.35. The fraction of sp³-hybridized carbons (Fsp3) is 0.250. The van der Waals surface area contributed by atoms with Crippen molar-refractivity contribution >= 4 is 11.3 Å². The van der Waals surface area contributed by atoms with E-state index >= 15 is 0 Å². The second-order valence-electron chi connectivity index (χ2n) is 5.11. The third-order valence-electron chi connectivity index (χ3n) is 3.73. The monoisotopic (exact) mass is 282 g/mol. The number of fused-ring (bicyclic) bond motifs is 1. The molecule has 0 unspecified atom stereocenters. The molecule has 108 valence electrons. The van der Waals surface area contributed by atoms with Gasteiger partial charge in [0.1, 0.15) is 0 Å². The highest BCUT2D eigenvalue weighted by Gasteiger charge is 2.05. The molecule has 1 aromatic carbocycles. The first-order valence-electron chi connectivity index (χ1n) is 7.01.